The van der Waals surface area contributed by atoms with Gasteiger partial charge in [-0.05, 0) is 63.6 Å². The van der Waals surface area contributed by atoms with Gasteiger partial charge in [0, 0.05) is 36.7 Å². The number of hydrogen-bond donors (Lipinski definition) is 1. The lowest BCUT2D eigenvalue weighted by Crippen LogP contribution is -2.42. The highest BCUT2D eigenvalue weighted by atomic mass is 32.2. The van der Waals surface area contributed by atoms with Crippen LogP contribution in [-0.2, 0) is 6.42 Å². The summed E-state index contributed by atoms with van der Waals surface area (Å²) in [7, 11) is 0. The molecule has 2 heterocycles. The molecule has 2 aliphatic heterocycles. The summed E-state index contributed by atoms with van der Waals surface area (Å²) < 4.78 is 6.51. The summed E-state index contributed by atoms with van der Waals surface area (Å²) in [4.78, 5) is 2.57. The second-order valence-corrected chi connectivity index (χ2v) is 8.51. The number of hydrogen-bond acceptors (Lipinski definition) is 4. The summed E-state index contributed by atoms with van der Waals surface area (Å²) in [5.41, 5.74) is 4.18. The van der Waals surface area contributed by atoms with Crippen molar-refractivity contribution in [3.05, 3.63) is 22.3 Å². The van der Waals surface area contributed by atoms with Gasteiger partial charge in [0.2, 0.25) is 0 Å². The third-order valence-corrected chi connectivity index (χ3v) is 6.60. The Hall–Kier alpha value is -0.870. The molecule has 1 fully saturated rings. The maximum atomic E-state index is 10.3. The molecular weight excluding hydrogens is 306 g/mol. The normalized spacial score (nSPS) is 25.0. The zero-order valence-corrected chi connectivity index (χ0v) is 15.7. The summed E-state index contributed by atoms with van der Waals surface area (Å²) >= 11 is 2.06. The topological polar surface area (TPSA) is 32.7 Å². The van der Waals surface area contributed by atoms with Gasteiger partial charge in [-0.25, -0.2) is 0 Å². The fourth-order valence-corrected chi connectivity index (χ4v) is 4.67. The van der Waals surface area contributed by atoms with E-state index in [0.717, 1.165) is 48.2 Å². The SMILES string of the molecule is Cc1c(C)c2c(c(C)c1O)CCC(C)(CCN1CCSCC1)O2. The number of aromatic hydroxyl groups is 1. The minimum absolute atomic E-state index is 0.0851. The molecular formula is C19H29NO2S. The Labute approximate surface area is 144 Å². The van der Waals surface area contributed by atoms with Crippen LogP contribution in [0, 0.1) is 20.8 Å². The van der Waals surface area contributed by atoms with Gasteiger partial charge < -0.3 is 14.7 Å². The van der Waals surface area contributed by atoms with Crippen molar-refractivity contribution in [2.24, 2.45) is 0 Å². The minimum atomic E-state index is -0.0851. The van der Waals surface area contributed by atoms with E-state index in [-0.39, 0.29) is 5.60 Å². The van der Waals surface area contributed by atoms with Gasteiger partial charge in [0.1, 0.15) is 17.1 Å². The molecule has 0 saturated carbocycles. The Kier molecular flexibility index (Phi) is 4.84. The van der Waals surface area contributed by atoms with Crippen LogP contribution in [0.2, 0.25) is 0 Å². The number of fused-ring (bicyclic) bond motifs is 1. The fourth-order valence-electron chi connectivity index (χ4n) is 3.69. The van der Waals surface area contributed by atoms with Crippen LogP contribution in [0.25, 0.3) is 0 Å². The smallest absolute Gasteiger partial charge is 0.127 e. The molecule has 1 atom stereocenters. The molecule has 0 radical (unpaired) electrons. The molecule has 0 aromatic heterocycles. The number of ether oxygens (including phenoxy) is 1. The monoisotopic (exact) mass is 335 g/mol. The number of nitrogens with zero attached hydrogens (tertiary/aromatic N) is 1. The van der Waals surface area contributed by atoms with E-state index in [0.29, 0.717) is 5.75 Å². The molecule has 0 bridgehead atoms. The highest BCUT2D eigenvalue weighted by Gasteiger charge is 2.34. The van der Waals surface area contributed by atoms with E-state index >= 15 is 0 Å². The van der Waals surface area contributed by atoms with Crippen LogP contribution in [0.1, 0.15) is 42.0 Å². The summed E-state index contributed by atoms with van der Waals surface area (Å²) in [6, 6.07) is 0. The van der Waals surface area contributed by atoms with Crippen molar-refractivity contribution >= 4 is 11.8 Å². The van der Waals surface area contributed by atoms with E-state index in [2.05, 4.69) is 30.5 Å². The van der Waals surface area contributed by atoms with Crippen LogP contribution >= 0.6 is 11.8 Å². The zero-order valence-electron chi connectivity index (χ0n) is 14.9. The van der Waals surface area contributed by atoms with Crippen LogP contribution in [0.5, 0.6) is 11.5 Å². The largest absolute Gasteiger partial charge is 0.507 e. The predicted molar refractivity (Wildman–Crippen MR) is 98.1 cm³/mol. The number of phenolic OH excluding ortho intramolecular Hbond substituents is 1. The van der Waals surface area contributed by atoms with Crippen LogP contribution in [-0.4, -0.2) is 46.7 Å². The van der Waals surface area contributed by atoms with Gasteiger partial charge in [-0.3, -0.25) is 0 Å². The molecule has 23 heavy (non-hydrogen) atoms. The molecule has 128 valence electrons. The van der Waals surface area contributed by atoms with Crippen molar-refractivity contribution in [3.8, 4) is 11.5 Å². The summed E-state index contributed by atoms with van der Waals surface area (Å²) in [5.74, 6) is 3.99. The lowest BCUT2D eigenvalue weighted by atomic mass is 9.85. The molecule has 2 aliphatic rings. The van der Waals surface area contributed by atoms with Crippen molar-refractivity contribution in [2.75, 3.05) is 31.1 Å². The molecule has 0 spiro atoms. The number of benzene rings is 1. The van der Waals surface area contributed by atoms with E-state index < -0.39 is 0 Å². The highest BCUT2D eigenvalue weighted by molar-refractivity contribution is 7.99. The molecule has 0 amide bonds. The van der Waals surface area contributed by atoms with Crippen LogP contribution < -0.4 is 4.74 Å². The first kappa shape index (κ1) is 17.0. The molecule has 1 unspecified atom stereocenters. The lowest BCUT2D eigenvalue weighted by Gasteiger charge is -2.39. The van der Waals surface area contributed by atoms with E-state index in [4.69, 9.17) is 4.74 Å². The fraction of sp³-hybridized carbons (Fsp3) is 0.684. The molecule has 0 aliphatic carbocycles. The second kappa shape index (κ2) is 6.56. The summed E-state index contributed by atoms with van der Waals surface area (Å²) in [5, 5.41) is 10.3. The van der Waals surface area contributed by atoms with Crippen molar-refractivity contribution < 1.29 is 9.84 Å². The zero-order chi connectivity index (χ0) is 16.6. The number of thioether (sulfide) groups is 1. The maximum Gasteiger partial charge on any atom is 0.127 e. The predicted octanol–water partition coefficient (Wildman–Crippen LogP) is 3.84. The van der Waals surface area contributed by atoms with Crippen LogP contribution in [0.3, 0.4) is 0 Å². The van der Waals surface area contributed by atoms with Crippen LogP contribution in [0.4, 0.5) is 0 Å². The molecule has 3 rings (SSSR count). The molecule has 1 aromatic rings. The van der Waals surface area contributed by atoms with Gasteiger partial charge >= 0.3 is 0 Å². The third kappa shape index (κ3) is 3.34. The Morgan fingerprint density at radius 2 is 1.83 bits per heavy atom. The minimum Gasteiger partial charge on any atom is -0.507 e. The first-order valence-electron chi connectivity index (χ1n) is 8.72. The van der Waals surface area contributed by atoms with E-state index in [1.807, 2.05) is 13.8 Å². The van der Waals surface area contributed by atoms with E-state index in [9.17, 15) is 5.11 Å². The second-order valence-electron chi connectivity index (χ2n) is 7.29. The molecule has 3 nitrogen and oxygen atoms in total. The Morgan fingerprint density at radius 1 is 1.13 bits per heavy atom. The summed E-state index contributed by atoms with van der Waals surface area (Å²) in [6.07, 6.45) is 3.11. The number of phenols is 1. The first-order valence-corrected chi connectivity index (χ1v) is 9.87. The van der Waals surface area contributed by atoms with Crippen molar-refractivity contribution in [1.82, 2.24) is 4.90 Å². The lowest BCUT2D eigenvalue weighted by molar-refractivity contribution is 0.0445. The Bertz CT molecular complexity index is 596. The van der Waals surface area contributed by atoms with Gasteiger partial charge in [-0.15, -0.1) is 0 Å². The Morgan fingerprint density at radius 3 is 2.52 bits per heavy atom. The molecule has 1 N–H and O–H groups in total. The molecule has 1 aromatic carbocycles. The van der Waals surface area contributed by atoms with E-state index in [1.165, 1.54) is 30.2 Å². The average Bonchev–Trinajstić information content (AvgIpc) is 2.57. The quantitative estimate of drug-likeness (QED) is 0.910. The van der Waals surface area contributed by atoms with Crippen molar-refractivity contribution in [1.29, 1.82) is 0 Å². The highest BCUT2D eigenvalue weighted by Crippen LogP contribution is 2.44. The standard InChI is InChI=1S/C19H29NO2S/c1-13-14(2)18-16(15(3)17(13)21)5-6-19(4,22-18)7-8-20-9-11-23-12-10-20/h21H,5-12H2,1-4H3. The van der Waals surface area contributed by atoms with Crippen molar-refractivity contribution in [3.63, 3.8) is 0 Å². The van der Waals surface area contributed by atoms with Crippen molar-refractivity contribution in [2.45, 2.75) is 52.6 Å². The van der Waals surface area contributed by atoms with Gasteiger partial charge in [0.15, 0.2) is 0 Å². The summed E-state index contributed by atoms with van der Waals surface area (Å²) in [6.45, 7) is 11.9. The van der Waals surface area contributed by atoms with Gasteiger partial charge in [-0.1, -0.05) is 0 Å². The Balaban J connectivity index is 1.76. The first-order chi connectivity index (χ1) is 10.9. The third-order valence-electron chi connectivity index (χ3n) is 5.65. The molecule has 1 saturated heterocycles. The number of rotatable bonds is 3. The van der Waals surface area contributed by atoms with Gasteiger partial charge in [0.05, 0.1) is 0 Å². The van der Waals surface area contributed by atoms with Gasteiger partial charge in [-0.2, -0.15) is 11.8 Å². The van der Waals surface area contributed by atoms with E-state index in [1.54, 1.807) is 0 Å². The average molecular weight is 336 g/mol. The van der Waals surface area contributed by atoms with Crippen LogP contribution in [0.15, 0.2) is 0 Å². The maximum absolute atomic E-state index is 10.3. The molecule has 4 heteroatoms. The van der Waals surface area contributed by atoms with Gasteiger partial charge in [0.25, 0.3) is 0 Å².